The van der Waals surface area contributed by atoms with Crippen LogP contribution >= 0.6 is 0 Å². The fourth-order valence-corrected chi connectivity index (χ4v) is 2.15. The zero-order valence-electron chi connectivity index (χ0n) is 11.1. The normalized spacial score (nSPS) is 13.3. The number of amides is 2. The van der Waals surface area contributed by atoms with Crippen LogP contribution in [0.15, 0.2) is 42.6 Å². The van der Waals surface area contributed by atoms with Gasteiger partial charge in [-0.05, 0) is 24.3 Å². The largest absolute Gasteiger partial charge is 0.427 e. The van der Waals surface area contributed by atoms with Crippen LogP contribution in [-0.4, -0.2) is 22.8 Å². The second-order valence-electron chi connectivity index (χ2n) is 4.44. The highest BCUT2D eigenvalue weighted by Gasteiger charge is 2.37. The maximum atomic E-state index is 12.3. The lowest BCUT2D eigenvalue weighted by atomic mass is 10.2. The number of ether oxygens (including phenoxy) is 1. The summed E-state index contributed by atoms with van der Waals surface area (Å²) in [6.45, 7) is 1.28. The van der Waals surface area contributed by atoms with Crippen LogP contribution in [0.3, 0.4) is 0 Å². The van der Waals surface area contributed by atoms with Gasteiger partial charge in [0, 0.05) is 19.2 Å². The number of hydrogen-bond acceptors (Lipinski definition) is 5. The van der Waals surface area contributed by atoms with E-state index in [9.17, 15) is 14.4 Å². The molecule has 2 aromatic rings. The van der Waals surface area contributed by atoms with Gasteiger partial charge in [0.2, 0.25) is 0 Å². The number of imide groups is 1. The third-order valence-corrected chi connectivity index (χ3v) is 2.98. The van der Waals surface area contributed by atoms with Crippen molar-refractivity contribution in [2.24, 2.45) is 0 Å². The second-order valence-corrected chi connectivity index (χ2v) is 4.44. The molecule has 1 aromatic heterocycles. The molecule has 0 saturated heterocycles. The number of carbonyl (C=O) groups is 3. The van der Waals surface area contributed by atoms with Crippen LogP contribution in [0.25, 0.3) is 0 Å². The Morgan fingerprint density at radius 3 is 2.67 bits per heavy atom. The van der Waals surface area contributed by atoms with Crippen molar-refractivity contribution >= 4 is 23.5 Å². The summed E-state index contributed by atoms with van der Waals surface area (Å²) in [6.07, 6.45) is 1.46. The zero-order valence-corrected chi connectivity index (χ0v) is 11.1. The number of hydrogen-bond donors (Lipinski definition) is 0. The van der Waals surface area contributed by atoms with Gasteiger partial charge in [0.05, 0.1) is 11.3 Å². The van der Waals surface area contributed by atoms with Gasteiger partial charge in [-0.3, -0.25) is 19.4 Å². The molecule has 2 amide bonds. The number of aromatic nitrogens is 1. The smallest absolute Gasteiger partial charge is 0.308 e. The Labute approximate surface area is 120 Å². The van der Waals surface area contributed by atoms with Crippen LogP contribution in [0.4, 0.5) is 5.69 Å². The highest BCUT2D eigenvalue weighted by atomic mass is 16.5. The van der Waals surface area contributed by atoms with Crippen LogP contribution in [0.5, 0.6) is 5.75 Å². The molecule has 21 heavy (non-hydrogen) atoms. The number of anilines is 1. The molecule has 0 radical (unpaired) electrons. The maximum Gasteiger partial charge on any atom is 0.308 e. The molecule has 0 fully saturated rings. The molecule has 0 aliphatic carbocycles. The van der Waals surface area contributed by atoms with E-state index in [0.29, 0.717) is 5.69 Å². The van der Waals surface area contributed by atoms with Gasteiger partial charge in [-0.2, -0.15) is 0 Å². The topological polar surface area (TPSA) is 76.6 Å². The summed E-state index contributed by atoms with van der Waals surface area (Å²) < 4.78 is 4.96. The SMILES string of the molecule is CC(=O)Oc1cccc(N2C(=O)c3cccnc3C2=O)c1. The molecule has 0 spiro atoms. The molecule has 6 heteroatoms. The average molecular weight is 282 g/mol. The first kappa shape index (κ1) is 13.0. The van der Waals surface area contributed by atoms with Gasteiger partial charge < -0.3 is 4.74 Å². The fraction of sp³-hybridized carbons (Fsp3) is 0.0667. The minimum absolute atomic E-state index is 0.125. The van der Waals surface area contributed by atoms with Crippen LogP contribution in [0.2, 0.25) is 0 Å². The van der Waals surface area contributed by atoms with E-state index in [1.165, 1.54) is 19.2 Å². The van der Waals surface area contributed by atoms with Gasteiger partial charge in [-0.15, -0.1) is 0 Å². The van der Waals surface area contributed by atoms with Crippen molar-refractivity contribution < 1.29 is 19.1 Å². The Morgan fingerprint density at radius 2 is 1.95 bits per heavy atom. The van der Waals surface area contributed by atoms with Crippen LogP contribution in [-0.2, 0) is 4.79 Å². The molecule has 0 atom stereocenters. The molecule has 6 nitrogen and oxygen atoms in total. The fourth-order valence-electron chi connectivity index (χ4n) is 2.15. The van der Waals surface area contributed by atoms with E-state index >= 15 is 0 Å². The van der Waals surface area contributed by atoms with Crippen molar-refractivity contribution in [2.45, 2.75) is 6.92 Å². The summed E-state index contributed by atoms with van der Waals surface area (Å²) in [5.41, 5.74) is 0.725. The van der Waals surface area contributed by atoms with Crippen LogP contribution in [0, 0.1) is 0 Å². The first-order chi connectivity index (χ1) is 10.1. The molecule has 3 rings (SSSR count). The summed E-state index contributed by atoms with van der Waals surface area (Å²) in [5.74, 6) is -1.14. The third kappa shape index (κ3) is 2.16. The molecular formula is C15H10N2O4. The summed E-state index contributed by atoms with van der Waals surface area (Å²) in [4.78, 5) is 40.5. The van der Waals surface area contributed by atoms with Gasteiger partial charge in [0.25, 0.3) is 11.8 Å². The van der Waals surface area contributed by atoms with Crippen molar-refractivity contribution in [3.63, 3.8) is 0 Å². The lowest BCUT2D eigenvalue weighted by Gasteiger charge is -2.14. The van der Waals surface area contributed by atoms with Crippen molar-refractivity contribution in [2.75, 3.05) is 4.90 Å². The highest BCUT2D eigenvalue weighted by molar-refractivity contribution is 6.33. The Kier molecular flexibility index (Phi) is 2.98. The van der Waals surface area contributed by atoms with E-state index in [1.54, 1.807) is 30.3 Å². The van der Waals surface area contributed by atoms with Gasteiger partial charge >= 0.3 is 5.97 Å². The lowest BCUT2D eigenvalue weighted by Crippen LogP contribution is -2.29. The molecule has 0 saturated carbocycles. The Balaban J connectivity index is 2.01. The standard InChI is InChI=1S/C15H10N2O4/c1-9(18)21-11-5-2-4-10(8-11)17-14(19)12-6-3-7-16-13(12)15(17)20/h2-8H,1H3. The van der Waals surface area contributed by atoms with Gasteiger partial charge in [-0.1, -0.05) is 6.07 Å². The van der Waals surface area contributed by atoms with Crippen LogP contribution < -0.4 is 9.64 Å². The number of rotatable bonds is 2. The van der Waals surface area contributed by atoms with E-state index in [2.05, 4.69) is 4.98 Å². The number of fused-ring (bicyclic) bond motifs is 1. The van der Waals surface area contributed by atoms with Crippen molar-refractivity contribution in [1.29, 1.82) is 0 Å². The minimum Gasteiger partial charge on any atom is -0.427 e. The Morgan fingerprint density at radius 1 is 1.14 bits per heavy atom. The average Bonchev–Trinajstić information content (AvgIpc) is 2.71. The maximum absolute atomic E-state index is 12.3. The lowest BCUT2D eigenvalue weighted by molar-refractivity contribution is -0.131. The molecule has 1 aliphatic rings. The van der Waals surface area contributed by atoms with Crippen LogP contribution in [0.1, 0.15) is 27.8 Å². The van der Waals surface area contributed by atoms with E-state index in [0.717, 1.165) is 4.90 Å². The van der Waals surface area contributed by atoms with Gasteiger partial charge in [0.15, 0.2) is 0 Å². The predicted octanol–water partition coefficient (Wildman–Crippen LogP) is 1.81. The number of carbonyl (C=O) groups excluding carboxylic acids is 3. The van der Waals surface area contributed by atoms with E-state index < -0.39 is 17.8 Å². The second kappa shape index (κ2) is 4.82. The first-order valence-electron chi connectivity index (χ1n) is 6.20. The van der Waals surface area contributed by atoms with Gasteiger partial charge in [-0.25, -0.2) is 4.90 Å². The Hall–Kier alpha value is -3.02. The summed E-state index contributed by atoms with van der Waals surface area (Å²) >= 11 is 0. The summed E-state index contributed by atoms with van der Waals surface area (Å²) in [7, 11) is 0. The van der Waals surface area contributed by atoms with E-state index in [1.807, 2.05) is 0 Å². The molecule has 0 unspecified atom stereocenters. The summed E-state index contributed by atoms with van der Waals surface area (Å²) in [6, 6.07) is 9.38. The van der Waals surface area contributed by atoms with E-state index in [4.69, 9.17) is 4.74 Å². The summed E-state index contributed by atoms with van der Waals surface area (Å²) in [5, 5.41) is 0. The zero-order chi connectivity index (χ0) is 15.0. The number of pyridine rings is 1. The molecule has 0 bridgehead atoms. The molecule has 1 aliphatic heterocycles. The monoisotopic (exact) mass is 282 g/mol. The van der Waals surface area contributed by atoms with Crippen molar-refractivity contribution in [3.8, 4) is 5.75 Å². The molecule has 104 valence electrons. The van der Waals surface area contributed by atoms with Gasteiger partial charge in [0.1, 0.15) is 11.4 Å². The number of nitrogens with zero attached hydrogens (tertiary/aromatic N) is 2. The Bertz CT molecular complexity index is 735. The first-order valence-corrected chi connectivity index (χ1v) is 6.20. The van der Waals surface area contributed by atoms with E-state index in [-0.39, 0.29) is 17.0 Å². The molecular weight excluding hydrogens is 272 g/mol. The third-order valence-electron chi connectivity index (χ3n) is 2.98. The molecule has 1 aromatic carbocycles. The predicted molar refractivity (Wildman–Crippen MR) is 73.1 cm³/mol. The number of benzene rings is 1. The van der Waals surface area contributed by atoms with Crippen molar-refractivity contribution in [3.05, 3.63) is 53.9 Å². The quantitative estimate of drug-likeness (QED) is 0.477. The highest BCUT2D eigenvalue weighted by Crippen LogP contribution is 2.29. The number of esters is 1. The molecule has 0 N–H and O–H groups in total. The molecule has 2 heterocycles. The van der Waals surface area contributed by atoms with Crippen molar-refractivity contribution in [1.82, 2.24) is 4.98 Å². The minimum atomic E-state index is -0.490.